The van der Waals surface area contributed by atoms with E-state index in [0.29, 0.717) is 29.7 Å². The Labute approximate surface area is 258 Å². The van der Waals surface area contributed by atoms with Crippen LogP contribution in [0, 0.1) is 12.3 Å². The van der Waals surface area contributed by atoms with Crippen molar-refractivity contribution in [3.8, 4) is 12.3 Å². The average Bonchev–Trinajstić information content (AvgIpc) is 3.55. The number of nitrogens with two attached hydrogens (primary N) is 1. The van der Waals surface area contributed by atoms with Crippen LogP contribution in [0.5, 0.6) is 0 Å². The van der Waals surface area contributed by atoms with Crippen LogP contribution in [0.25, 0.3) is 11.0 Å². The van der Waals surface area contributed by atoms with Crippen molar-refractivity contribution in [1.29, 1.82) is 0 Å². The van der Waals surface area contributed by atoms with Crippen LogP contribution in [0.15, 0.2) is 69.7 Å². The Morgan fingerprint density at radius 2 is 1.71 bits per heavy atom. The Morgan fingerprint density at radius 3 is 2.29 bits per heavy atom. The molecule has 9 nitrogen and oxygen atoms in total. The molecule has 3 heterocycles. The maximum absolute atomic E-state index is 12.3. The first-order valence-corrected chi connectivity index (χ1v) is 14.4. The molecule has 41 heavy (non-hydrogen) atoms. The van der Waals surface area contributed by atoms with Gasteiger partial charge in [-0.2, -0.15) is 4.98 Å². The Hall–Kier alpha value is -3.43. The number of fused-ring (bicyclic) bond motifs is 1. The summed E-state index contributed by atoms with van der Waals surface area (Å²) in [4.78, 5) is 30.7. The van der Waals surface area contributed by atoms with Crippen LogP contribution < -0.4 is 5.73 Å². The minimum Gasteiger partial charge on any atom is -0.481 e. The number of terminal acetylenes is 1. The maximum Gasteiger partial charge on any atom is 0.310 e. The number of ether oxygens (including phenoxy) is 2. The van der Waals surface area contributed by atoms with Gasteiger partial charge in [0.25, 0.3) is 0 Å². The minimum atomic E-state index is -1.00. The third-order valence-corrected chi connectivity index (χ3v) is 7.53. The zero-order valence-corrected chi connectivity index (χ0v) is 25.5. The molecular formula is C29H25Br2ClN4O5. The number of carboxylic acids is 1. The van der Waals surface area contributed by atoms with Crippen molar-refractivity contribution in [3.05, 3.63) is 86.2 Å². The van der Waals surface area contributed by atoms with Crippen molar-refractivity contribution < 1.29 is 24.2 Å². The predicted molar refractivity (Wildman–Crippen MR) is 162 cm³/mol. The summed E-state index contributed by atoms with van der Waals surface area (Å²) >= 11 is 12.6. The number of hydrogen-bond donors (Lipinski definition) is 2. The van der Waals surface area contributed by atoms with Crippen LogP contribution in [0.4, 0.5) is 5.82 Å². The zero-order chi connectivity index (χ0) is 29.6. The Kier molecular flexibility index (Phi) is 10.0. The first-order chi connectivity index (χ1) is 19.6. The highest BCUT2D eigenvalue weighted by Gasteiger charge is 2.41. The van der Waals surface area contributed by atoms with Gasteiger partial charge in [-0.25, -0.2) is 4.98 Å². The molecule has 0 saturated carbocycles. The van der Waals surface area contributed by atoms with Gasteiger partial charge in [0.05, 0.1) is 18.2 Å². The number of halogens is 3. The molecule has 1 saturated heterocycles. The van der Waals surface area contributed by atoms with E-state index in [1.54, 1.807) is 18.2 Å². The Morgan fingerprint density at radius 1 is 1.10 bits per heavy atom. The summed E-state index contributed by atoms with van der Waals surface area (Å²) in [5.41, 5.74) is 7.16. The standard InChI is InChI=1S/C21H18BrClN4O3.C8H7BrO2/c1-2-21(12-29-17(28)11-13-3-5-14(22)6-4-13)9-7-16(30-21)27-10-8-15-18(24)25-20(23)26-19(15)27;9-7-3-1-6(2-4-7)5-8(10)11/h1,3-6,8,10,16H,7,9,11-12H2,(H2,24,25,26);1-4H,5H2,(H,10,11)/t16-,21+;/m1./s1. The Bertz CT molecular complexity index is 1590. The summed E-state index contributed by atoms with van der Waals surface area (Å²) in [6.07, 6.45) is 8.59. The van der Waals surface area contributed by atoms with E-state index >= 15 is 0 Å². The summed E-state index contributed by atoms with van der Waals surface area (Å²) in [6.45, 7) is -0.0214. The van der Waals surface area contributed by atoms with Gasteiger partial charge in [0.15, 0.2) is 5.60 Å². The SMILES string of the molecule is C#C[C@@]1(COC(=O)Cc2ccc(Br)cc2)CC[C@H](n2ccc3c(N)nc(Cl)nc32)O1.O=C(O)Cc1ccc(Br)cc1. The number of hydrogen-bond acceptors (Lipinski definition) is 7. The van der Waals surface area contributed by atoms with Crippen molar-refractivity contribution in [2.24, 2.45) is 0 Å². The Balaban J connectivity index is 0.000000296. The van der Waals surface area contributed by atoms with Gasteiger partial charge >= 0.3 is 11.9 Å². The lowest BCUT2D eigenvalue weighted by molar-refractivity contribution is -0.151. The second-order valence-electron chi connectivity index (χ2n) is 9.25. The smallest absolute Gasteiger partial charge is 0.310 e. The molecule has 5 rings (SSSR count). The topological polar surface area (TPSA) is 130 Å². The van der Waals surface area contributed by atoms with E-state index in [2.05, 4.69) is 47.7 Å². The molecule has 12 heteroatoms. The maximum atomic E-state index is 12.3. The predicted octanol–water partition coefficient (Wildman–Crippen LogP) is 5.97. The second kappa shape index (κ2) is 13.5. The lowest BCUT2D eigenvalue weighted by atomic mass is 10.0. The molecule has 0 bridgehead atoms. The molecule has 0 aliphatic carbocycles. The number of nitrogens with zero attached hydrogens (tertiary/aromatic N) is 3. The molecule has 1 aliphatic heterocycles. The first kappa shape index (κ1) is 30.5. The molecule has 3 N–H and O–H groups in total. The molecule has 4 aromatic rings. The average molecular weight is 705 g/mol. The number of carboxylic acid groups (broad SMARTS) is 1. The molecule has 2 aromatic heterocycles. The van der Waals surface area contributed by atoms with Crippen molar-refractivity contribution in [2.45, 2.75) is 37.5 Å². The number of rotatable bonds is 7. The molecule has 0 radical (unpaired) electrons. The van der Waals surface area contributed by atoms with Crippen LogP contribution in [0.1, 0.15) is 30.2 Å². The molecule has 1 fully saturated rings. The van der Waals surface area contributed by atoms with E-state index in [4.69, 9.17) is 38.3 Å². The highest BCUT2D eigenvalue weighted by molar-refractivity contribution is 9.10. The van der Waals surface area contributed by atoms with Crippen molar-refractivity contribution in [3.63, 3.8) is 0 Å². The first-order valence-electron chi connectivity index (χ1n) is 12.4. The number of carbonyl (C=O) groups is 2. The molecule has 0 unspecified atom stereocenters. The highest BCUT2D eigenvalue weighted by atomic mass is 79.9. The number of esters is 1. The van der Waals surface area contributed by atoms with Crippen LogP contribution in [0.2, 0.25) is 5.28 Å². The normalized spacial score (nSPS) is 17.9. The lowest BCUT2D eigenvalue weighted by Gasteiger charge is -2.24. The number of carbonyl (C=O) groups excluding carboxylic acids is 1. The molecule has 1 aliphatic rings. The van der Waals surface area contributed by atoms with Gasteiger partial charge in [-0.1, -0.05) is 62.0 Å². The van der Waals surface area contributed by atoms with E-state index in [1.165, 1.54) is 0 Å². The third-order valence-electron chi connectivity index (χ3n) is 6.30. The fourth-order valence-corrected chi connectivity index (χ4v) is 4.94. The fraction of sp³-hybridized carbons (Fsp3) is 0.241. The number of aromatic nitrogens is 3. The van der Waals surface area contributed by atoms with Crippen LogP contribution >= 0.6 is 43.5 Å². The molecule has 0 amide bonds. The fourth-order valence-electron chi connectivity index (χ4n) is 4.24. The molecule has 2 atom stereocenters. The number of anilines is 1. The van der Waals surface area contributed by atoms with Gasteiger partial charge in [0, 0.05) is 15.1 Å². The second-order valence-corrected chi connectivity index (χ2v) is 11.4. The molecular weight excluding hydrogens is 680 g/mol. The quantitative estimate of drug-likeness (QED) is 0.137. The summed E-state index contributed by atoms with van der Waals surface area (Å²) < 4.78 is 15.3. The minimum absolute atomic E-state index is 0.0214. The van der Waals surface area contributed by atoms with Gasteiger partial charge in [-0.3, -0.25) is 9.59 Å². The van der Waals surface area contributed by atoms with Gasteiger partial charge in [-0.05, 0) is 65.9 Å². The molecule has 2 aromatic carbocycles. The van der Waals surface area contributed by atoms with Crippen LogP contribution in [-0.4, -0.2) is 43.8 Å². The van der Waals surface area contributed by atoms with Crippen molar-refractivity contribution in [1.82, 2.24) is 14.5 Å². The van der Waals surface area contributed by atoms with E-state index in [9.17, 15) is 9.59 Å². The van der Waals surface area contributed by atoms with Gasteiger partial charge in [0.1, 0.15) is 24.3 Å². The van der Waals surface area contributed by atoms with E-state index < -0.39 is 11.6 Å². The number of benzene rings is 2. The van der Waals surface area contributed by atoms with Crippen LogP contribution in [0.3, 0.4) is 0 Å². The van der Waals surface area contributed by atoms with Gasteiger partial charge < -0.3 is 24.9 Å². The van der Waals surface area contributed by atoms with Crippen molar-refractivity contribution >= 4 is 72.3 Å². The largest absolute Gasteiger partial charge is 0.481 e. The number of aliphatic carboxylic acids is 1. The van der Waals surface area contributed by atoms with E-state index in [-0.39, 0.29) is 36.9 Å². The lowest BCUT2D eigenvalue weighted by Crippen LogP contribution is -2.34. The molecule has 0 spiro atoms. The van der Waals surface area contributed by atoms with Gasteiger partial charge in [0.2, 0.25) is 5.28 Å². The zero-order valence-electron chi connectivity index (χ0n) is 21.6. The van der Waals surface area contributed by atoms with E-state index in [1.807, 2.05) is 47.2 Å². The van der Waals surface area contributed by atoms with Crippen molar-refractivity contribution in [2.75, 3.05) is 12.3 Å². The van der Waals surface area contributed by atoms with E-state index in [0.717, 1.165) is 20.1 Å². The summed E-state index contributed by atoms with van der Waals surface area (Å²) in [6, 6.07) is 16.5. The highest BCUT2D eigenvalue weighted by Crippen LogP contribution is 2.38. The summed E-state index contributed by atoms with van der Waals surface area (Å²) in [5, 5.41) is 9.17. The molecule has 212 valence electrons. The summed E-state index contributed by atoms with van der Waals surface area (Å²) in [7, 11) is 0. The third kappa shape index (κ3) is 8.07. The summed E-state index contributed by atoms with van der Waals surface area (Å²) in [5.74, 6) is 1.80. The number of nitrogen functional groups attached to an aromatic ring is 1. The van der Waals surface area contributed by atoms with Crippen LogP contribution in [-0.2, 0) is 31.9 Å². The monoisotopic (exact) mass is 702 g/mol. The van der Waals surface area contributed by atoms with Gasteiger partial charge in [-0.15, -0.1) is 6.42 Å².